The topological polar surface area (TPSA) is 36.3 Å². The van der Waals surface area contributed by atoms with Gasteiger partial charge in [0.1, 0.15) is 0 Å². The molecule has 122 valence electrons. The molecule has 0 unspecified atom stereocenters. The van der Waals surface area contributed by atoms with E-state index in [0.717, 1.165) is 11.0 Å². The maximum Gasteiger partial charge on any atom is 0.498 e. The zero-order chi connectivity index (χ0) is 16.8. The lowest BCUT2D eigenvalue weighted by molar-refractivity contribution is 0.00578. The van der Waals surface area contributed by atoms with Crippen LogP contribution in [0.25, 0.3) is 0 Å². The molecule has 0 aliphatic carbocycles. The predicted molar refractivity (Wildman–Crippen MR) is 93.5 cm³/mol. The van der Waals surface area contributed by atoms with E-state index >= 15 is 0 Å². The Labute approximate surface area is 146 Å². The summed E-state index contributed by atoms with van der Waals surface area (Å²) >= 11 is 12.1. The summed E-state index contributed by atoms with van der Waals surface area (Å²) < 4.78 is 13.9. The molecule has 7 heteroatoms. The van der Waals surface area contributed by atoms with E-state index in [4.69, 9.17) is 32.5 Å². The van der Waals surface area contributed by atoms with Gasteiger partial charge in [-0.3, -0.25) is 4.68 Å². The van der Waals surface area contributed by atoms with Crippen LogP contribution in [-0.2, 0) is 15.9 Å². The lowest BCUT2D eigenvalue weighted by Gasteiger charge is -2.32. The van der Waals surface area contributed by atoms with Crippen molar-refractivity contribution in [3.63, 3.8) is 0 Å². The van der Waals surface area contributed by atoms with Crippen LogP contribution >= 0.6 is 23.2 Å². The second kappa shape index (κ2) is 5.81. The first-order valence-corrected chi connectivity index (χ1v) is 8.25. The minimum atomic E-state index is -0.408. The van der Waals surface area contributed by atoms with E-state index < -0.39 is 7.12 Å². The second-order valence-electron chi connectivity index (χ2n) is 6.80. The normalized spacial score (nSPS) is 19.3. The summed E-state index contributed by atoms with van der Waals surface area (Å²) in [6.07, 6.45) is 3.69. The van der Waals surface area contributed by atoms with Gasteiger partial charge in [-0.15, -0.1) is 0 Å². The Hall–Kier alpha value is -1.01. The average Bonchev–Trinajstić information content (AvgIpc) is 2.96. The van der Waals surface area contributed by atoms with Gasteiger partial charge in [-0.25, -0.2) is 0 Å². The van der Waals surface area contributed by atoms with Crippen LogP contribution in [0.1, 0.15) is 33.3 Å². The number of rotatable bonds is 3. The quantitative estimate of drug-likeness (QED) is 0.792. The van der Waals surface area contributed by atoms with E-state index in [-0.39, 0.29) is 11.2 Å². The van der Waals surface area contributed by atoms with E-state index in [1.54, 1.807) is 12.3 Å². The molecule has 1 aliphatic heterocycles. The number of nitrogens with zero attached hydrogens (tertiary/aromatic N) is 2. The van der Waals surface area contributed by atoms with Crippen LogP contribution in [0.4, 0.5) is 0 Å². The fourth-order valence-corrected chi connectivity index (χ4v) is 2.86. The van der Waals surface area contributed by atoms with Crippen LogP contribution in [0.15, 0.2) is 30.6 Å². The molecule has 1 aromatic heterocycles. The highest BCUT2D eigenvalue weighted by Gasteiger charge is 2.52. The van der Waals surface area contributed by atoms with Gasteiger partial charge >= 0.3 is 7.12 Å². The lowest BCUT2D eigenvalue weighted by Crippen LogP contribution is -2.41. The van der Waals surface area contributed by atoms with Crippen molar-refractivity contribution in [2.45, 2.75) is 45.4 Å². The molecule has 0 bridgehead atoms. The van der Waals surface area contributed by atoms with Crippen molar-refractivity contribution in [2.75, 3.05) is 0 Å². The van der Waals surface area contributed by atoms with Gasteiger partial charge in [-0.05, 0) is 45.4 Å². The summed E-state index contributed by atoms with van der Waals surface area (Å²) in [6, 6.07) is 5.46. The Bertz CT molecular complexity index is 715. The molecule has 0 atom stereocenters. The molecule has 1 aliphatic rings. The van der Waals surface area contributed by atoms with Crippen LogP contribution < -0.4 is 5.46 Å². The fourth-order valence-electron chi connectivity index (χ4n) is 2.39. The third-order valence-electron chi connectivity index (χ3n) is 4.53. The maximum absolute atomic E-state index is 6.21. The van der Waals surface area contributed by atoms with Crippen molar-refractivity contribution in [3.05, 3.63) is 46.2 Å². The van der Waals surface area contributed by atoms with E-state index in [9.17, 15) is 0 Å². The molecule has 1 fully saturated rings. The molecule has 0 N–H and O–H groups in total. The van der Waals surface area contributed by atoms with E-state index in [1.807, 2.05) is 50.7 Å². The molecule has 1 aromatic carbocycles. The second-order valence-corrected chi connectivity index (χ2v) is 7.64. The van der Waals surface area contributed by atoms with Gasteiger partial charge < -0.3 is 9.31 Å². The summed E-state index contributed by atoms with van der Waals surface area (Å²) in [7, 11) is -0.408. The van der Waals surface area contributed by atoms with Crippen LogP contribution in [0, 0.1) is 0 Å². The SMILES string of the molecule is CC1(C)OB(c2cnn(Cc3ccc(Cl)cc3Cl)c2)OC1(C)C. The number of benzene rings is 1. The summed E-state index contributed by atoms with van der Waals surface area (Å²) in [5.41, 5.74) is 1.13. The minimum absolute atomic E-state index is 0.362. The van der Waals surface area contributed by atoms with E-state index in [2.05, 4.69) is 5.10 Å². The number of hydrogen-bond donors (Lipinski definition) is 0. The Morgan fingerprint density at radius 3 is 2.39 bits per heavy atom. The highest BCUT2D eigenvalue weighted by molar-refractivity contribution is 6.62. The van der Waals surface area contributed by atoms with E-state index in [1.165, 1.54) is 0 Å². The van der Waals surface area contributed by atoms with Crippen molar-refractivity contribution >= 4 is 35.8 Å². The first-order valence-electron chi connectivity index (χ1n) is 7.50. The molecule has 0 saturated carbocycles. The van der Waals surface area contributed by atoms with Gasteiger partial charge in [-0.1, -0.05) is 29.3 Å². The van der Waals surface area contributed by atoms with Crippen molar-refractivity contribution in [2.24, 2.45) is 0 Å². The third kappa shape index (κ3) is 3.29. The summed E-state index contributed by atoms with van der Waals surface area (Å²) in [4.78, 5) is 0. The summed E-state index contributed by atoms with van der Waals surface area (Å²) in [6.45, 7) is 8.70. The lowest BCUT2D eigenvalue weighted by atomic mass is 9.82. The van der Waals surface area contributed by atoms with E-state index in [0.29, 0.717) is 16.6 Å². The third-order valence-corrected chi connectivity index (χ3v) is 5.11. The van der Waals surface area contributed by atoms with Crippen molar-refractivity contribution in [3.8, 4) is 0 Å². The maximum atomic E-state index is 6.21. The van der Waals surface area contributed by atoms with Gasteiger partial charge in [-0.2, -0.15) is 5.10 Å². The molecule has 23 heavy (non-hydrogen) atoms. The van der Waals surface area contributed by atoms with Gasteiger partial charge in [0, 0.05) is 27.9 Å². The number of aromatic nitrogens is 2. The fraction of sp³-hybridized carbons (Fsp3) is 0.438. The van der Waals surface area contributed by atoms with Crippen molar-refractivity contribution in [1.82, 2.24) is 9.78 Å². The van der Waals surface area contributed by atoms with Gasteiger partial charge in [0.25, 0.3) is 0 Å². The van der Waals surface area contributed by atoms with Crippen LogP contribution in [0.3, 0.4) is 0 Å². The Balaban J connectivity index is 1.77. The number of hydrogen-bond acceptors (Lipinski definition) is 3. The molecule has 2 aromatic rings. The first-order chi connectivity index (χ1) is 10.7. The number of halogens is 2. The molecule has 3 rings (SSSR count). The molecule has 0 amide bonds. The smallest absolute Gasteiger partial charge is 0.399 e. The Morgan fingerprint density at radius 2 is 1.78 bits per heavy atom. The molecule has 4 nitrogen and oxygen atoms in total. The van der Waals surface area contributed by atoms with Crippen LogP contribution in [0.2, 0.25) is 10.0 Å². The van der Waals surface area contributed by atoms with Crippen molar-refractivity contribution in [1.29, 1.82) is 0 Å². The molecule has 0 radical (unpaired) electrons. The minimum Gasteiger partial charge on any atom is -0.399 e. The standard InChI is InChI=1S/C16H19BCl2N2O2/c1-15(2)16(3,4)23-17(22-15)12-8-20-21(10-12)9-11-5-6-13(18)7-14(11)19/h5-8,10H,9H2,1-4H3. The van der Waals surface area contributed by atoms with Gasteiger partial charge in [0.15, 0.2) is 0 Å². The van der Waals surface area contributed by atoms with Crippen LogP contribution in [-0.4, -0.2) is 28.1 Å². The Morgan fingerprint density at radius 1 is 1.13 bits per heavy atom. The predicted octanol–water partition coefficient (Wildman–Crippen LogP) is 3.54. The molecular weight excluding hydrogens is 334 g/mol. The molecule has 2 heterocycles. The first kappa shape index (κ1) is 16.8. The summed E-state index contributed by atoms with van der Waals surface area (Å²) in [5, 5.41) is 5.63. The van der Waals surface area contributed by atoms with Crippen LogP contribution in [0.5, 0.6) is 0 Å². The summed E-state index contributed by atoms with van der Waals surface area (Å²) in [5.74, 6) is 0. The molecular formula is C16H19BCl2N2O2. The highest BCUT2D eigenvalue weighted by Crippen LogP contribution is 2.36. The largest absolute Gasteiger partial charge is 0.498 e. The Kier molecular flexibility index (Phi) is 4.26. The zero-order valence-corrected chi connectivity index (χ0v) is 15.1. The van der Waals surface area contributed by atoms with Gasteiger partial charge in [0.2, 0.25) is 0 Å². The zero-order valence-electron chi connectivity index (χ0n) is 13.6. The highest BCUT2D eigenvalue weighted by atomic mass is 35.5. The molecule has 0 spiro atoms. The van der Waals surface area contributed by atoms with Gasteiger partial charge in [0.05, 0.1) is 17.7 Å². The monoisotopic (exact) mass is 352 g/mol. The molecule has 1 saturated heterocycles. The average molecular weight is 353 g/mol. The van der Waals surface area contributed by atoms with Crippen molar-refractivity contribution < 1.29 is 9.31 Å².